The lowest BCUT2D eigenvalue weighted by Crippen LogP contribution is -2.60. The van der Waals surface area contributed by atoms with Crippen LogP contribution in [-0.2, 0) is 38.7 Å². The second-order valence-electron chi connectivity index (χ2n) is 15.0. The fraction of sp³-hybridized carbons (Fsp3) is 0.529. The van der Waals surface area contributed by atoms with Gasteiger partial charge in [0.25, 0.3) is 10.1 Å². The second kappa shape index (κ2) is 39.2. The number of ether oxygens (including phenoxy) is 4. The molecular formula is C51H76O12S. The minimum atomic E-state index is -4.62. The summed E-state index contributed by atoms with van der Waals surface area (Å²) in [6, 6.07) is 0. The molecule has 4 N–H and O–H groups in total. The summed E-state index contributed by atoms with van der Waals surface area (Å²) >= 11 is 0. The van der Waals surface area contributed by atoms with Crippen molar-refractivity contribution in [3.63, 3.8) is 0 Å². The van der Waals surface area contributed by atoms with Gasteiger partial charge in [0.15, 0.2) is 12.4 Å². The molecule has 1 rings (SSSR count). The van der Waals surface area contributed by atoms with Gasteiger partial charge in [0.2, 0.25) is 0 Å². The summed E-state index contributed by atoms with van der Waals surface area (Å²) in [5, 5.41) is 30.9. The monoisotopic (exact) mass is 913 g/mol. The Morgan fingerprint density at radius 3 is 1.58 bits per heavy atom. The van der Waals surface area contributed by atoms with E-state index in [9.17, 15) is 37.9 Å². The Morgan fingerprint density at radius 1 is 0.547 bits per heavy atom. The van der Waals surface area contributed by atoms with Gasteiger partial charge < -0.3 is 34.3 Å². The SMILES string of the molecule is CC/C=C/C=C/C=C/C=C/CCCCCC(=O)OC(COC(=O)CCC/C=C/C/C=C/C/C=C/C/C=C/C/C=C/C/C=C/C/C=C/CC)CO[C@H]1O[C@H](CS(=O)(=O)O)[C@@H](O)C(O)C1O. The van der Waals surface area contributed by atoms with Gasteiger partial charge in [0.1, 0.15) is 36.8 Å². The van der Waals surface area contributed by atoms with Gasteiger partial charge in [-0.05, 0) is 83.5 Å². The number of carbonyl (C=O) groups is 2. The molecule has 1 fully saturated rings. The van der Waals surface area contributed by atoms with Crippen molar-refractivity contribution in [3.05, 3.63) is 134 Å². The number of rotatable bonds is 35. The number of esters is 2. The Morgan fingerprint density at radius 2 is 1.03 bits per heavy atom. The molecule has 358 valence electrons. The third-order valence-corrected chi connectivity index (χ3v) is 10.1. The van der Waals surface area contributed by atoms with Gasteiger partial charge in [-0.15, -0.1) is 0 Å². The lowest BCUT2D eigenvalue weighted by molar-refractivity contribution is -0.297. The number of unbranched alkanes of at least 4 members (excludes halogenated alkanes) is 4. The highest BCUT2D eigenvalue weighted by Crippen LogP contribution is 2.24. The number of aliphatic hydroxyl groups excluding tert-OH is 3. The van der Waals surface area contributed by atoms with Crippen LogP contribution in [-0.4, -0.2) is 96.0 Å². The van der Waals surface area contributed by atoms with Gasteiger partial charge in [-0.3, -0.25) is 14.1 Å². The van der Waals surface area contributed by atoms with Crippen molar-refractivity contribution < 1.29 is 56.8 Å². The van der Waals surface area contributed by atoms with Crippen LogP contribution < -0.4 is 0 Å². The van der Waals surface area contributed by atoms with Gasteiger partial charge in [-0.25, -0.2) is 0 Å². The predicted molar refractivity (Wildman–Crippen MR) is 256 cm³/mol. The first-order chi connectivity index (χ1) is 31.0. The summed E-state index contributed by atoms with van der Waals surface area (Å²) in [5.41, 5.74) is 0. The van der Waals surface area contributed by atoms with E-state index in [1.54, 1.807) is 0 Å². The standard InChI is InChI=1S/C51H76O12S/c1-3-5-7-9-11-13-15-17-18-19-20-21-22-23-24-25-26-28-29-31-33-35-37-39-46(52)60-41-44(42-61-51-50(56)49(55)48(54)45(63-51)43-64(57,58)59)62-47(53)40-38-36-34-32-30-27-16-14-12-10-8-6-4-2/h5-8,10-14,16-18,20-21,23-24,26-28,30-31,33,44-45,48-51,54-56H,3-4,9,15,19,22,25,29,32,34-43H2,1-2H3,(H,57,58,59)/b7-5+,8-6+,12-10+,13-11+,16-14+,18-17+,21-20+,24-23+,28-26+,30-27+,33-31+/t44?,45-,48-,49?,50?,51+/m1/s1. The fourth-order valence-electron chi connectivity index (χ4n) is 5.85. The van der Waals surface area contributed by atoms with E-state index < -0.39 is 71.2 Å². The zero-order valence-corrected chi connectivity index (χ0v) is 38.9. The molecule has 0 radical (unpaired) electrons. The van der Waals surface area contributed by atoms with Crippen molar-refractivity contribution in [1.82, 2.24) is 0 Å². The van der Waals surface area contributed by atoms with Crippen LogP contribution in [0.25, 0.3) is 0 Å². The molecule has 64 heavy (non-hydrogen) atoms. The minimum Gasteiger partial charge on any atom is -0.462 e. The summed E-state index contributed by atoms with van der Waals surface area (Å²) < 4.78 is 53.9. The van der Waals surface area contributed by atoms with E-state index in [1.165, 1.54) is 0 Å². The smallest absolute Gasteiger partial charge is 0.306 e. The van der Waals surface area contributed by atoms with E-state index in [0.717, 1.165) is 70.6 Å². The normalized spacial score (nSPS) is 20.9. The molecule has 0 amide bonds. The van der Waals surface area contributed by atoms with E-state index in [2.05, 4.69) is 98.9 Å². The number of carbonyl (C=O) groups excluding carboxylic acids is 2. The first kappa shape index (κ1) is 57.8. The van der Waals surface area contributed by atoms with Crippen molar-refractivity contribution >= 4 is 22.1 Å². The molecule has 1 aliphatic heterocycles. The first-order valence-electron chi connectivity index (χ1n) is 22.8. The number of hydrogen-bond acceptors (Lipinski definition) is 11. The molecule has 0 aromatic carbocycles. The molecule has 0 bridgehead atoms. The Kier molecular flexibility index (Phi) is 35.4. The third-order valence-electron chi connectivity index (χ3n) is 9.32. The molecule has 0 aliphatic carbocycles. The molecule has 1 aliphatic rings. The van der Waals surface area contributed by atoms with Crippen molar-refractivity contribution in [2.75, 3.05) is 19.0 Å². The molecule has 12 nitrogen and oxygen atoms in total. The van der Waals surface area contributed by atoms with Crippen LogP contribution in [0, 0.1) is 0 Å². The molecule has 0 saturated carbocycles. The topological polar surface area (TPSA) is 186 Å². The largest absolute Gasteiger partial charge is 0.462 e. The number of allylic oxidation sites excluding steroid dienone is 22. The first-order valence-corrected chi connectivity index (χ1v) is 24.4. The lowest BCUT2D eigenvalue weighted by atomic mass is 10.00. The van der Waals surface area contributed by atoms with Gasteiger partial charge >= 0.3 is 11.9 Å². The molecule has 1 heterocycles. The van der Waals surface area contributed by atoms with Crippen LogP contribution in [0.4, 0.5) is 0 Å². The second-order valence-corrected chi connectivity index (χ2v) is 16.5. The average Bonchev–Trinajstić information content (AvgIpc) is 3.26. The summed E-state index contributed by atoms with van der Waals surface area (Å²) in [5.74, 6) is -2.14. The minimum absolute atomic E-state index is 0.0962. The average molecular weight is 913 g/mol. The van der Waals surface area contributed by atoms with Crippen molar-refractivity contribution in [2.24, 2.45) is 0 Å². The summed E-state index contributed by atoms with van der Waals surface area (Å²) in [4.78, 5) is 25.4. The highest BCUT2D eigenvalue weighted by molar-refractivity contribution is 7.85. The number of hydrogen-bond donors (Lipinski definition) is 4. The summed E-state index contributed by atoms with van der Waals surface area (Å²) in [6.45, 7) is 3.39. The van der Waals surface area contributed by atoms with E-state index in [4.69, 9.17) is 18.9 Å². The molecular weight excluding hydrogens is 837 g/mol. The summed E-state index contributed by atoms with van der Waals surface area (Å²) in [6.07, 6.45) is 47.9. The molecule has 0 aromatic heterocycles. The zero-order valence-electron chi connectivity index (χ0n) is 38.1. The quantitative estimate of drug-likeness (QED) is 0.0155. The molecule has 6 atom stereocenters. The number of aliphatic hydroxyl groups is 3. The molecule has 3 unspecified atom stereocenters. The fourth-order valence-corrected chi connectivity index (χ4v) is 6.54. The van der Waals surface area contributed by atoms with Crippen LogP contribution in [0.5, 0.6) is 0 Å². The Labute approximate surface area is 383 Å². The lowest BCUT2D eigenvalue weighted by Gasteiger charge is -2.40. The Hall–Kier alpha value is -4.21. The van der Waals surface area contributed by atoms with E-state index >= 15 is 0 Å². The van der Waals surface area contributed by atoms with Crippen molar-refractivity contribution in [2.45, 2.75) is 153 Å². The summed E-state index contributed by atoms with van der Waals surface area (Å²) in [7, 11) is -4.62. The zero-order chi connectivity index (χ0) is 46.9. The predicted octanol–water partition coefficient (Wildman–Crippen LogP) is 9.55. The third kappa shape index (κ3) is 33.3. The van der Waals surface area contributed by atoms with Crippen molar-refractivity contribution in [3.8, 4) is 0 Å². The highest BCUT2D eigenvalue weighted by atomic mass is 32.2. The van der Waals surface area contributed by atoms with E-state index in [0.29, 0.717) is 19.3 Å². The maximum Gasteiger partial charge on any atom is 0.306 e. The maximum atomic E-state index is 12.8. The molecule has 13 heteroatoms. The van der Waals surface area contributed by atoms with E-state index in [-0.39, 0.29) is 19.4 Å². The molecule has 1 saturated heterocycles. The van der Waals surface area contributed by atoms with Gasteiger partial charge in [0, 0.05) is 12.8 Å². The van der Waals surface area contributed by atoms with Gasteiger partial charge in [-0.2, -0.15) is 8.42 Å². The van der Waals surface area contributed by atoms with Crippen LogP contribution in [0.2, 0.25) is 0 Å². The molecule has 0 aromatic rings. The van der Waals surface area contributed by atoms with Crippen LogP contribution >= 0.6 is 0 Å². The van der Waals surface area contributed by atoms with Crippen molar-refractivity contribution in [1.29, 1.82) is 0 Å². The Bertz CT molecular complexity index is 1680. The maximum absolute atomic E-state index is 12.8. The van der Waals surface area contributed by atoms with E-state index in [1.807, 2.05) is 48.6 Å². The van der Waals surface area contributed by atoms with Crippen LogP contribution in [0.1, 0.15) is 117 Å². The van der Waals surface area contributed by atoms with Crippen LogP contribution in [0.15, 0.2) is 134 Å². The van der Waals surface area contributed by atoms with Gasteiger partial charge in [-0.1, -0.05) is 154 Å². The highest BCUT2D eigenvalue weighted by Gasteiger charge is 2.46. The Balaban J connectivity index is 2.49. The molecule has 0 spiro atoms. The van der Waals surface area contributed by atoms with Crippen LogP contribution in [0.3, 0.4) is 0 Å². The van der Waals surface area contributed by atoms with Gasteiger partial charge in [0.05, 0.1) is 6.61 Å².